The molecule has 0 radical (unpaired) electrons. The zero-order chi connectivity index (χ0) is 40.6. The summed E-state index contributed by atoms with van der Waals surface area (Å²) in [5.74, 6) is 0.949. The number of rotatable bonds is 26. The fourth-order valence-corrected chi connectivity index (χ4v) is 14.6. The van der Waals surface area contributed by atoms with Crippen LogP contribution in [-0.4, -0.2) is 68.5 Å². The standard InChI is InChI=1S/C45H65O9P/c1-11-17-28-53-38-26-21-27-39(54-29-18-12-2)42(38)45(48)55(30-32(7)8,31-33(9)10,43(46)40-34(49-13-3)22-19-23-35(40)50-14-4)44(47)41-36(51-15-5)24-20-25-37(41)52-16-6/h19-27,32-33H,11-18,28-31H2,1-10H3. The molecule has 0 N–H and O–H groups in total. The first kappa shape index (κ1) is 45.3. The Morgan fingerprint density at radius 3 is 0.927 bits per heavy atom. The van der Waals surface area contributed by atoms with E-state index in [9.17, 15) is 0 Å². The molecule has 0 saturated carbocycles. The first-order valence-corrected chi connectivity index (χ1v) is 22.8. The van der Waals surface area contributed by atoms with Gasteiger partial charge in [-0.2, -0.15) is 0 Å². The Morgan fingerprint density at radius 2 is 0.709 bits per heavy atom. The van der Waals surface area contributed by atoms with E-state index in [2.05, 4.69) is 13.8 Å². The topological polar surface area (TPSA) is 107 Å². The first-order valence-electron chi connectivity index (χ1n) is 20.2. The van der Waals surface area contributed by atoms with Crippen molar-refractivity contribution in [1.29, 1.82) is 0 Å². The Hall–Kier alpha value is -4.10. The van der Waals surface area contributed by atoms with Crippen LogP contribution >= 0.6 is 6.60 Å². The monoisotopic (exact) mass is 780 g/mol. The fourth-order valence-electron chi connectivity index (χ4n) is 7.43. The SMILES string of the molecule is CCCCOc1cccc(OCCCC)c1C(=O)P(CC(C)C)(CC(C)C)(C(=O)c1c(OCC)cccc1OCC)C(=O)c1c(OCC)cccc1OCC. The van der Waals surface area contributed by atoms with Gasteiger partial charge in [0.05, 0.1) is 0 Å². The zero-order valence-corrected chi connectivity index (χ0v) is 35.9. The summed E-state index contributed by atoms with van der Waals surface area (Å²) in [7, 11) is 0. The van der Waals surface area contributed by atoms with Gasteiger partial charge in [0.2, 0.25) is 0 Å². The third-order valence-electron chi connectivity index (χ3n) is 9.32. The van der Waals surface area contributed by atoms with E-state index in [1.807, 2.05) is 55.4 Å². The summed E-state index contributed by atoms with van der Waals surface area (Å²) in [6.45, 7) is 15.5. The maximum atomic E-state index is 16.8. The van der Waals surface area contributed by atoms with Gasteiger partial charge in [0.25, 0.3) is 0 Å². The van der Waals surface area contributed by atoms with Crippen LogP contribution in [0.2, 0.25) is 0 Å². The van der Waals surface area contributed by atoms with Crippen LogP contribution in [0, 0.1) is 11.8 Å². The average molecular weight is 781 g/mol. The van der Waals surface area contributed by atoms with Crippen LogP contribution in [0.4, 0.5) is 0 Å². The zero-order valence-electron chi connectivity index (χ0n) is 35.0. The van der Waals surface area contributed by atoms with Gasteiger partial charge >= 0.3 is 330 Å². The number of hydrogen-bond acceptors (Lipinski definition) is 9. The molecule has 304 valence electrons. The van der Waals surface area contributed by atoms with E-state index in [1.165, 1.54) is 0 Å². The predicted octanol–water partition coefficient (Wildman–Crippen LogP) is 11.3. The van der Waals surface area contributed by atoms with Crippen molar-refractivity contribution in [2.75, 3.05) is 52.0 Å². The average Bonchev–Trinajstić information content (AvgIpc) is 3.14. The summed E-state index contributed by atoms with van der Waals surface area (Å²) >= 11 is 0. The van der Waals surface area contributed by atoms with Crippen molar-refractivity contribution < 1.29 is 42.8 Å². The van der Waals surface area contributed by atoms with Crippen molar-refractivity contribution >= 4 is 23.2 Å². The molecule has 0 heterocycles. The molecule has 55 heavy (non-hydrogen) atoms. The molecule has 0 fully saturated rings. The molecular weight excluding hydrogens is 715 g/mol. The van der Waals surface area contributed by atoms with Gasteiger partial charge in [0.15, 0.2) is 0 Å². The molecule has 0 aliphatic heterocycles. The summed E-state index contributed by atoms with van der Waals surface area (Å²) in [5.41, 5.74) is -1.49. The van der Waals surface area contributed by atoms with Crippen LogP contribution in [0.3, 0.4) is 0 Å². The molecule has 0 aliphatic rings. The van der Waals surface area contributed by atoms with Crippen LogP contribution in [0.5, 0.6) is 34.5 Å². The quantitative estimate of drug-likeness (QED) is 0.0581. The first-order chi connectivity index (χ1) is 26.4. The molecule has 0 aromatic heterocycles. The summed E-state index contributed by atoms with van der Waals surface area (Å²) in [4.78, 5) is 50.1. The third kappa shape index (κ3) is 9.83. The molecular formula is C45H65O9P. The van der Waals surface area contributed by atoms with Crippen molar-refractivity contribution in [3.8, 4) is 34.5 Å². The van der Waals surface area contributed by atoms with Gasteiger partial charge in [-0.1, -0.05) is 0 Å². The van der Waals surface area contributed by atoms with Crippen molar-refractivity contribution in [2.24, 2.45) is 11.8 Å². The van der Waals surface area contributed by atoms with Gasteiger partial charge in [-0.15, -0.1) is 0 Å². The molecule has 0 aliphatic carbocycles. The Kier molecular flexibility index (Phi) is 17.5. The molecule has 10 heteroatoms. The van der Waals surface area contributed by atoms with Crippen LogP contribution in [-0.2, 0) is 0 Å². The summed E-state index contributed by atoms with van der Waals surface area (Å²) < 4.78 is 37.5. The van der Waals surface area contributed by atoms with Crippen LogP contribution < -0.4 is 28.4 Å². The van der Waals surface area contributed by atoms with Gasteiger partial charge < -0.3 is 0 Å². The number of carbonyl (C=O) groups excluding carboxylic acids is 3. The van der Waals surface area contributed by atoms with Gasteiger partial charge in [0, 0.05) is 0 Å². The number of benzene rings is 3. The minimum absolute atomic E-state index is 0.0317. The third-order valence-corrected chi connectivity index (χ3v) is 16.0. The van der Waals surface area contributed by atoms with E-state index in [1.54, 1.807) is 54.6 Å². The second-order valence-electron chi connectivity index (χ2n) is 14.6. The van der Waals surface area contributed by atoms with Gasteiger partial charge in [0.1, 0.15) is 0 Å². The van der Waals surface area contributed by atoms with E-state index in [0.717, 1.165) is 25.7 Å². The molecule has 0 atom stereocenters. The van der Waals surface area contributed by atoms with Gasteiger partial charge in [-0.3, -0.25) is 0 Å². The second kappa shape index (κ2) is 21.3. The molecule has 0 spiro atoms. The molecule has 9 nitrogen and oxygen atoms in total. The normalized spacial score (nSPS) is 12.2. The minimum atomic E-state index is -5.36. The Labute approximate surface area is 329 Å². The molecule has 0 saturated heterocycles. The Balaban J connectivity index is 2.78. The summed E-state index contributed by atoms with van der Waals surface area (Å²) in [6.07, 6.45) is 3.16. The molecule has 3 rings (SSSR count). The molecule has 0 unspecified atom stereocenters. The van der Waals surface area contributed by atoms with E-state index in [4.69, 9.17) is 28.4 Å². The molecule has 3 aromatic carbocycles. The number of carbonyl (C=O) groups is 3. The fraction of sp³-hybridized carbons (Fsp3) is 0.533. The van der Waals surface area contributed by atoms with E-state index >= 15 is 14.4 Å². The van der Waals surface area contributed by atoms with Crippen molar-refractivity contribution in [1.82, 2.24) is 0 Å². The predicted molar refractivity (Wildman–Crippen MR) is 224 cm³/mol. The molecule has 0 bridgehead atoms. The van der Waals surface area contributed by atoms with Crippen LogP contribution in [0.25, 0.3) is 0 Å². The molecule has 0 amide bonds. The number of ether oxygens (including phenoxy) is 6. The van der Waals surface area contributed by atoms with Crippen molar-refractivity contribution in [2.45, 2.75) is 94.9 Å². The van der Waals surface area contributed by atoms with E-state index < -0.39 is 23.2 Å². The van der Waals surface area contributed by atoms with Crippen LogP contribution in [0.15, 0.2) is 54.6 Å². The van der Waals surface area contributed by atoms with Crippen molar-refractivity contribution in [3.63, 3.8) is 0 Å². The van der Waals surface area contributed by atoms with Gasteiger partial charge in [-0.25, -0.2) is 0 Å². The summed E-state index contributed by atoms with van der Waals surface area (Å²) in [5, 5.41) is 0. The number of unbranched alkanes of at least 4 members (excludes halogenated alkanes) is 2. The maximum absolute atomic E-state index is 16.8. The van der Waals surface area contributed by atoms with E-state index in [-0.39, 0.29) is 102 Å². The van der Waals surface area contributed by atoms with Crippen LogP contribution in [0.1, 0.15) is 126 Å². The Bertz CT molecular complexity index is 1570. The Morgan fingerprint density at radius 1 is 0.455 bits per heavy atom. The molecule has 3 aromatic rings. The summed E-state index contributed by atoms with van der Waals surface area (Å²) in [6, 6.07) is 15.6. The number of hydrogen-bond donors (Lipinski definition) is 0. The van der Waals surface area contributed by atoms with Gasteiger partial charge in [-0.05, 0) is 0 Å². The van der Waals surface area contributed by atoms with E-state index in [0.29, 0.717) is 13.2 Å². The van der Waals surface area contributed by atoms with Crippen molar-refractivity contribution in [3.05, 3.63) is 71.3 Å². The second-order valence-corrected chi connectivity index (χ2v) is 19.6.